The topological polar surface area (TPSA) is 79.5 Å². The van der Waals surface area contributed by atoms with Gasteiger partial charge in [-0.25, -0.2) is 13.1 Å². The largest absolute Gasteiger partial charge is 0.458 e. The Balaban J connectivity index is 1.83. The van der Waals surface area contributed by atoms with E-state index in [0.29, 0.717) is 16.9 Å². The zero-order valence-corrected chi connectivity index (χ0v) is 15.2. The highest BCUT2D eigenvalue weighted by Gasteiger charge is 2.30. The monoisotopic (exact) mass is 359 g/mol. The standard InChI is InChI=1S/C19H21NO4S/c1-13-8-9-17(14(2)10-13)25(22,23)20-12-19(3,21)18-11-15-6-4-5-7-16(15)24-18/h4-11,20-21H,12H2,1-3H3. The van der Waals surface area contributed by atoms with Crippen LogP contribution in [0.4, 0.5) is 0 Å². The quantitative estimate of drug-likeness (QED) is 0.733. The number of rotatable bonds is 5. The Morgan fingerprint density at radius 2 is 1.84 bits per heavy atom. The third kappa shape index (κ3) is 3.61. The van der Waals surface area contributed by atoms with Crippen molar-refractivity contribution in [1.82, 2.24) is 4.72 Å². The summed E-state index contributed by atoms with van der Waals surface area (Å²) in [6, 6.07) is 14.2. The molecule has 1 atom stereocenters. The summed E-state index contributed by atoms with van der Waals surface area (Å²) in [5, 5.41) is 11.5. The molecule has 5 nitrogen and oxygen atoms in total. The number of fused-ring (bicyclic) bond motifs is 1. The Morgan fingerprint density at radius 1 is 1.12 bits per heavy atom. The van der Waals surface area contributed by atoms with Crippen molar-refractivity contribution in [3.63, 3.8) is 0 Å². The minimum atomic E-state index is -3.73. The molecule has 132 valence electrons. The zero-order valence-electron chi connectivity index (χ0n) is 14.4. The van der Waals surface area contributed by atoms with E-state index in [0.717, 1.165) is 10.9 Å². The van der Waals surface area contributed by atoms with Gasteiger partial charge in [0.1, 0.15) is 16.9 Å². The first kappa shape index (κ1) is 17.7. The normalized spacial score (nSPS) is 14.6. The molecule has 2 aromatic carbocycles. The number of aliphatic hydroxyl groups is 1. The number of nitrogens with one attached hydrogen (secondary N) is 1. The molecule has 1 heterocycles. The molecular formula is C19H21NO4S. The van der Waals surface area contributed by atoms with Crippen LogP contribution < -0.4 is 4.72 Å². The van der Waals surface area contributed by atoms with Gasteiger partial charge in [0, 0.05) is 11.9 Å². The Bertz CT molecular complexity index is 986. The highest BCUT2D eigenvalue weighted by atomic mass is 32.2. The van der Waals surface area contributed by atoms with Gasteiger partial charge in [0.05, 0.1) is 4.90 Å². The lowest BCUT2D eigenvalue weighted by Crippen LogP contribution is -2.38. The molecule has 1 unspecified atom stereocenters. The predicted molar refractivity (Wildman–Crippen MR) is 96.9 cm³/mol. The van der Waals surface area contributed by atoms with Gasteiger partial charge in [0.25, 0.3) is 0 Å². The van der Waals surface area contributed by atoms with Crippen molar-refractivity contribution in [3.8, 4) is 0 Å². The second kappa shape index (κ2) is 6.29. The van der Waals surface area contributed by atoms with E-state index < -0.39 is 15.6 Å². The fourth-order valence-corrected chi connectivity index (χ4v) is 4.11. The number of hydrogen-bond acceptors (Lipinski definition) is 4. The number of furan rings is 1. The number of aryl methyl sites for hydroxylation is 2. The van der Waals surface area contributed by atoms with E-state index in [1.54, 1.807) is 31.2 Å². The maximum absolute atomic E-state index is 12.6. The van der Waals surface area contributed by atoms with E-state index >= 15 is 0 Å². The molecule has 0 bridgehead atoms. The third-order valence-electron chi connectivity index (χ3n) is 4.18. The number of sulfonamides is 1. The van der Waals surface area contributed by atoms with Crippen LogP contribution >= 0.6 is 0 Å². The van der Waals surface area contributed by atoms with Gasteiger partial charge in [0.2, 0.25) is 10.0 Å². The first-order valence-electron chi connectivity index (χ1n) is 7.97. The molecule has 0 aliphatic heterocycles. The van der Waals surface area contributed by atoms with E-state index in [2.05, 4.69) is 4.72 Å². The van der Waals surface area contributed by atoms with E-state index in [9.17, 15) is 13.5 Å². The van der Waals surface area contributed by atoms with Crippen molar-refractivity contribution in [3.05, 3.63) is 65.4 Å². The summed E-state index contributed by atoms with van der Waals surface area (Å²) in [5.74, 6) is 0.317. The fourth-order valence-electron chi connectivity index (χ4n) is 2.75. The maximum Gasteiger partial charge on any atom is 0.240 e. The van der Waals surface area contributed by atoms with Crippen molar-refractivity contribution >= 4 is 21.0 Å². The van der Waals surface area contributed by atoms with Gasteiger partial charge in [-0.2, -0.15) is 0 Å². The van der Waals surface area contributed by atoms with Crippen LogP contribution in [0.15, 0.2) is 57.8 Å². The van der Waals surface area contributed by atoms with Crippen LogP contribution in [0.3, 0.4) is 0 Å². The summed E-state index contributed by atoms with van der Waals surface area (Å²) < 4.78 is 33.3. The first-order chi connectivity index (χ1) is 11.7. The first-order valence-corrected chi connectivity index (χ1v) is 9.46. The highest BCUT2D eigenvalue weighted by Crippen LogP contribution is 2.28. The molecule has 0 aliphatic carbocycles. The Hall–Kier alpha value is -2.15. The smallest absolute Gasteiger partial charge is 0.240 e. The van der Waals surface area contributed by atoms with Crippen LogP contribution in [0.1, 0.15) is 23.8 Å². The van der Waals surface area contributed by atoms with Gasteiger partial charge in [-0.1, -0.05) is 35.9 Å². The molecule has 3 rings (SSSR count). The van der Waals surface area contributed by atoms with Gasteiger partial charge in [0.15, 0.2) is 0 Å². The lowest BCUT2D eigenvalue weighted by Gasteiger charge is -2.21. The summed E-state index contributed by atoms with van der Waals surface area (Å²) in [5.41, 5.74) is 0.835. The van der Waals surface area contributed by atoms with Gasteiger partial charge in [-0.3, -0.25) is 0 Å². The number of benzene rings is 2. The van der Waals surface area contributed by atoms with Gasteiger partial charge >= 0.3 is 0 Å². The maximum atomic E-state index is 12.6. The average molecular weight is 359 g/mol. The summed E-state index contributed by atoms with van der Waals surface area (Å²) >= 11 is 0. The van der Waals surface area contributed by atoms with Crippen LogP contribution in [-0.4, -0.2) is 20.1 Å². The van der Waals surface area contributed by atoms with E-state index in [-0.39, 0.29) is 11.4 Å². The molecule has 0 saturated carbocycles. The second-order valence-electron chi connectivity index (χ2n) is 6.52. The predicted octanol–water partition coefficient (Wildman–Crippen LogP) is 3.24. The van der Waals surface area contributed by atoms with Crippen LogP contribution in [0, 0.1) is 13.8 Å². The summed E-state index contributed by atoms with van der Waals surface area (Å²) in [6.45, 7) is 4.99. The van der Waals surface area contributed by atoms with Crippen LogP contribution in [0.2, 0.25) is 0 Å². The fraction of sp³-hybridized carbons (Fsp3) is 0.263. The molecule has 3 aromatic rings. The molecule has 1 aromatic heterocycles. The Kier molecular flexibility index (Phi) is 4.45. The van der Waals surface area contributed by atoms with Gasteiger partial charge < -0.3 is 9.52 Å². The summed E-state index contributed by atoms with van der Waals surface area (Å²) in [7, 11) is -3.73. The van der Waals surface area contributed by atoms with E-state index in [1.165, 1.54) is 6.92 Å². The highest BCUT2D eigenvalue weighted by molar-refractivity contribution is 7.89. The minimum Gasteiger partial charge on any atom is -0.458 e. The number of hydrogen-bond donors (Lipinski definition) is 2. The van der Waals surface area contributed by atoms with Gasteiger partial charge in [-0.15, -0.1) is 0 Å². The second-order valence-corrected chi connectivity index (χ2v) is 8.25. The number of para-hydroxylation sites is 1. The van der Waals surface area contributed by atoms with Crippen molar-refractivity contribution in [2.75, 3.05) is 6.54 Å². The van der Waals surface area contributed by atoms with Crippen LogP contribution in [-0.2, 0) is 15.6 Å². The third-order valence-corrected chi connectivity index (χ3v) is 5.74. The molecule has 0 saturated heterocycles. The lowest BCUT2D eigenvalue weighted by atomic mass is 10.0. The molecule has 0 radical (unpaired) electrons. The molecule has 0 fully saturated rings. The van der Waals surface area contributed by atoms with Crippen molar-refractivity contribution in [2.24, 2.45) is 0 Å². The molecule has 0 aliphatic rings. The van der Waals surface area contributed by atoms with E-state index in [4.69, 9.17) is 4.42 Å². The average Bonchev–Trinajstić information content (AvgIpc) is 2.98. The van der Waals surface area contributed by atoms with E-state index in [1.807, 2.05) is 31.2 Å². The molecular weight excluding hydrogens is 338 g/mol. The van der Waals surface area contributed by atoms with Crippen molar-refractivity contribution < 1.29 is 17.9 Å². The Labute approximate surface area is 147 Å². The molecule has 25 heavy (non-hydrogen) atoms. The summed E-state index contributed by atoms with van der Waals surface area (Å²) in [4.78, 5) is 0.207. The van der Waals surface area contributed by atoms with Crippen LogP contribution in [0.25, 0.3) is 11.0 Å². The van der Waals surface area contributed by atoms with Gasteiger partial charge in [-0.05, 0) is 44.5 Å². The molecule has 6 heteroatoms. The summed E-state index contributed by atoms with van der Waals surface area (Å²) in [6.07, 6.45) is 0. The lowest BCUT2D eigenvalue weighted by molar-refractivity contribution is 0.0412. The van der Waals surface area contributed by atoms with Crippen LogP contribution in [0.5, 0.6) is 0 Å². The molecule has 2 N–H and O–H groups in total. The molecule has 0 amide bonds. The van der Waals surface area contributed by atoms with Crippen molar-refractivity contribution in [2.45, 2.75) is 31.3 Å². The molecule has 0 spiro atoms. The van der Waals surface area contributed by atoms with Crippen molar-refractivity contribution in [1.29, 1.82) is 0 Å². The zero-order chi connectivity index (χ0) is 18.2. The minimum absolute atomic E-state index is 0.192. The SMILES string of the molecule is Cc1ccc(S(=O)(=O)NCC(C)(O)c2cc3ccccc3o2)c(C)c1. The Morgan fingerprint density at radius 3 is 2.52 bits per heavy atom.